The van der Waals surface area contributed by atoms with Crippen LogP contribution >= 0.6 is 15.9 Å². The smallest absolute Gasteiger partial charge is 0.275 e. The maximum absolute atomic E-state index is 12.6. The van der Waals surface area contributed by atoms with Crippen molar-refractivity contribution in [2.45, 2.75) is 0 Å². The summed E-state index contributed by atoms with van der Waals surface area (Å²) in [5.41, 5.74) is 4.10. The van der Waals surface area contributed by atoms with Gasteiger partial charge in [-0.25, -0.2) is 5.43 Å². The predicted octanol–water partition coefficient (Wildman–Crippen LogP) is 3.96. The van der Waals surface area contributed by atoms with Crippen LogP contribution in [-0.4, -0.2) is 31.4 Å². The zero-order valence-electron chi connectivity index (χ0n) is 16.7. The van der Waals surface area contributed by atoms with Gasteiger partial charge in [-0.15, -0.1) is 0 Å². The number of rotatable bonds is 7. The standard InChI is InChI=1S/C23H18BrN3O5/c24-16-6-8-17(9-7-16)26-22(28)13-30-19-4-2-1-3-18(19)23(29)27-25-12-15-5-10-20-21(11-15)32-14-31-20/h1-12H,13-14H2,(H,26,28)(H,27,29). The Morgan fingerprint density at radius 3 is 2.66 bits per heavy atom. The number of hydrogen-bond donors (Lipinski definition) is 2. The molecule has 32 heavy (non-hydrogen) atoms. The summed E-state index contributed by atoms with van der Waals surface area (Å²) in [6, 6.07) is 19.1. The van der Waals surface area contributed by atoms with Crippen molar-refractivity contribution in [3.63, 3.8) is 0 Å². The highest BCUT2D eigenvalue weighted by molar-refractivity contribution is 9.10. The summed E-state index contributed by atoms with van der Waals surface area (Å²) in [6.45, 7) is -0.0641. The fraction of sp³-hybridized carbons (Fsp3) is 0.0870. The van der Waals surface area contributed by atoms with E-state index in [9.17, 15) is 9.59 Å². The van der Waals surface area contributed by atoms with Gasteiger partial charge in [-0.2, -0.15) is 5.10 Å². The average Bonchev–Trinajstić information content (AvgIpc) is 3.27. The Balaban J connectivity index is 1.34. The van der Waals surface area contributed by atoms with E-state index in [1.165, 1.54) is 6.21 Å². The van der Waals surface area contributed by atoms with E-state index in [1.54, 1.807) is 54.6 Å². The lowest BCUT2D eigenvalue weighted by atomic mass is 10.2. The molecule has 0 unspecified atom stereocenters. The molecular formula is C23H18BrN3O5. The Morgan fingerprint density at radius 2 is 1.81 bits per heavy atom. The number of carbonyl (C=O) groups excluding carboxylic acids is 2. The summed E-state index contributed by atoms with van der Waals surface area (Å²) in [4.78, 5) is 24.7. The summed E-state index contributed by atoms with van der Waals surface area (Å²) in [7, 11) is 0. The number of para-hydroxylation sites is 1. The summed E-state index contributed by atoms with van der Waals surface area (Å²) in [5, 5.41) is 6.71. The van der Waals surface area contributed by atoms with Crippen LogP contribution < -0.4 is 25.0 Å². The first-order chi connectivity index (χ1) is 15.6. The van der Waals surface area contributed by atoms with Gasteiger partial charge in [-0.3, -0.25) is 9.59 Å². The van der Waals surface area contributed by atoms with Gasteiger partial charge in [0.15, 0.2) is 18.1 Å². The van der Waals surface area contributed by atoms with Crippen molar-refractivity contribution in [1.29, 1.82) is 0 Å². The number of benzene rings is 3. The number of nitrogens with zero attached hydrogens (tertiary/aromatic N) is 1. The van der Waals surface area contributed by atoms with E-state index in [4.69, 9.17) is 14.2 Å². The van der Waals surface area contributed by atoms with Gasteiger partial charge in [0.2, 0.25) is 6.79 Å². The lowest BCUT2D eigenvalue weighted by molar-refractivity contribution is -0.118. The quantitative estimate of drug-likeness (QED) is 0.381. The third-order valence-corrected chi connectivity index (χ3v) is 4.92. The van der Waals surface area contributed by atoms with E-state index in [-0.39, 0.29) is 30.6 Å². The largest absolute Gasteiger partial charge is 0.483 e. The minimum absolute atomic E-state index is 0.185. The zero-order valence-corrected chi connectivity index (χ0v) is 18.3. The fourth-order valence-electron chi connectivity index (χ4n) is 2.87. The Morgan fingerprint density at radius 1 is 1.03 bits per heavy atom. The average molecular weight is 496 g/mol. The SMILES string of the molecule is O=C(COc1ccccc1C(=O)NN=Cc1ccc2c(c1)OCO2)Nc1ccc(Br)cc1. The highest BCUT2D eigenvalue weighted by atomic mass is 79.9. The van der Waals surface area contributed by atoms with E-state index in [0.29, 0.717) is 17.2 Å². The van der Waals surface area contributed by atoms with Gasteiger partial charge in [0.25, 0.3) is 11.8 Å². The van der Waals surface area contributed by atoms with Crippen LogP contribution in [0.1, 0.15) is 15.9 Å². The van der Waals surface area contributed by atoms with E-state index >= 15 is 0 Å². The molecule has 0 radical (unpaired) electrons. The molecule has 0 aliphatic carbocycles. The lowest BCUT2D eigenvalue weighted by Gasteiger charge is -2.11. The summed E-state index contributed by atoms with van der Waals surface area (Å²) < 4.78 is 17.1. The molecule has 9 heteroatoms. The molecular weight excluding hydrogens is 478 g/mol. The minimum atomic E-state index is -0.467. The van der Waals surface area contributed by atoms with Gasteiger partial charge in [-0.05, 0) is 60.2 Å². The number of hydrazone groups is 1. The molecule has 8 nitrogen and oxygen atoms in total. The molecule has 3 aromatic carbocycles. The number of halogens is 1. The van der Waals surface area contributed by atoms with Crippen molar-refractivity contribution in [2.24, 2.45) is 5.10 Å². The van der Waals surface area contributed by atoms with Crippen LogP contribution in [0, 0.1) is 0 Å². The molecule has 1 aliphatic heterocycles. The second kappa shape index (κ2) is 9.97. The lowest BCUT2D eigenvalue weighted by Crippen LogP contribution is -2.22. The third-order valence-electron chi connectivity index (χ3n) is 4.39. The molecule has 0 saturated carbocycles. The van der Waals surface area contributed by atoms with Crippen LogP contribution in [0.4, 0.5) is 5.69 Å². The van der Waals surface area contributed by atoms with Crippen LogP contribution in [0.5, 0.6) is 17.2 Å². The Kier molecular flexibility index (Phi) is 6.66. The first-order valence-electron chi connectivity index (χ1n) is 9.59. The van der Waals surface area contributed by atoms with E-state index in [2.05, 4.69) is 31.8 Å². The van der Waals surface area contributed by atoms with Crippen molar-refractivity contribution in [3.8, 4) is 17.2 Å². The molecule has 0 fully saturated rings. The van der Waals surface area contributed by atoms with Gasteiger partial charge in [0, 0.05) is 10.2 Å². The van der Waals surface area contributed by atoms with Crippen molar-refractivity contribution in [3.05, 3.63) is 82.3 Å². The van der Waals surface area contributed by atoms with Gasteiger partial charge < -0.3 is 19.5 Å². The molecule has 2 N–H and O–H groups in total. The summed E-state index contributed by atoms with van der Waals surface area (Å²) in [5.74, 6) is 0.755. The molecule has 0 saturated heterocycles. The number of amides is 2. The van der Waals surface area contributed by atoms with Gasteiger partial charge in [0.05, 0.1) is 11.8 Å². The minimum Gasteiger partial charge on any atom is -0.483 e. The second-order valence-corrected chi connectivity index (χ2v) is 7.57. The maximum Gasteiger partial charge on any atom is 0.275 e. The summed E-state index contributed by atoms with van der Waals surface area (Å²) >= 11 is 3.34. The number of ether oxygens (including phenoxy) is 3. The van der Waals surface area contributed by atoms with Crippen molar-refractivity contribution >= 4 is 39.6 Å². The number of fused-ring (bicyclic) bond motifs is 1. The van der Waals surface area contributed by atoms with Crippen molar-refractivity contribution < 1.29 is 23.8 Å². The molecule has 0 atom stereocenters. The fourth-order valence-corrected chi connectivity index (χ4v) is 3.14. The number of carbonyl (C=O) groups is 2. The van der Waals surface area contributed by atoms with Crippen LogP contribution in [0.3, 0.4) is 0 Å². The number of nitrogens with one attached hydrogen (secondary N) is 2. The molecule has 0 spiro atoms. The summed E-state index contributed by atoms with van der Waals surface area (Å²) in [6.07, 6.45) is 1.50. The van der Waals surface area contributed by atoms with Crippen molar-refractivity contribution in [2.75, 3.05) is 18.7 Å². The molecule has 1 heterocycles. The number of hydrogen-bond acceptors (Lipinski definition) is 6. The van der Waals surface area contributed by atoms with Crippen LogP contribution in [0.15, 0.2) is 76.3 Å². The Hall–Kier alpha value is -3.85. The van der Waals surface area contributed by atoms with Crippen LogP contribution in [-0.2, 0) is 4.79 Å². The molecule has 162 valence electrons. The molecule has 0 bridgehead atoms. The first-order valence-corrected chi connectivity index (χ1v) is 10.4. The first kappa shape index (κ1) is 21.4. The third kappa shape index (κ3) is 5.44. The highest BCUT2D eigenvalue weighted by Crippen LogP contribution is 2.32. The molecule has 2 amide bonds. The van der Waals surface area contributed by atoms with E-state index in [0.717, 1.165) is 10.0 Å². The molecule has 0 aromatic heterocycles. The van der Waals surface area contributed by atoms with Gasteiger partial charge in [-0.1, -0.05) is 28.1 Å². The molecule has 4 rings (SSSR count). The maximum atomic E-state index is 12.6. The van der Waals surface area contributed by atoms with E-state index < -0.39 is 5.91 Å². The normalized spacial score (nSPS) is 11.9. The van der Waals surface area contributed by atoms with Gasteiger partial charge >= 0.3 is 0 Å². The Labute approximate surface area is 192 Å². The van der Waals surface area contributed by atoms with Gasteiger partial charge in [0.1, 0.15) is 5.75 Å². The van der Waals surface area contributed by atoms with Crippen LogP contribution in [0.2, 0.25) is 0 Å². The monoisotopic (exact) mass is 495 g/mol. The van der Waals surface area contributed by atoms with Crippen LogP contribution in [0.25, 0.3) is 0 Å². The van der Waals surface area contributed by atoms with Crippen molar-refractivity contribution in [1.82, 2.24) is 5.43 Å². The highest BCUT2D eigenvalue weighted by Gasteiger charge is 2.14. The number of anilines is 1. The molecule has 1 aliphatic rings. The van der Waals surface area contributed by atoms with E-state index in [1.807, 2.05) is 12.1 Å². The topological polar surface area (TPSA) is 98.3 Å². The second-order valence-electron chi connectivity index (χ2n) is 6.65. The molecule has 3 aromatic rings. The predicted molar refractivity (Wildman–Crippen MR) is 122 cm³/mol. The zero-order chi connectivity index (χ0) is 22.3. The Bertz CT molecular complexity index is 1160.